The predicted molar refractivity (Wildman–Crippen MR) is 127 cm³/mol. The number of ether oxygens (including phenoxy) is 1. The van der Waals surface area contributed by atoms with Gasteiger partial charge in [0.2, 0.25) is 11.6 Å². The number of hydrogen-bond acceptors (Lipinski definition) is 8. The number of oxazole rings is 1. The third kappa shape index (κ3) is 4.40. The number of hydrogen-bond donors (Lipinski definition) is 0. The second-order valence-corrected chi connectivity index (χ2v) is 8.81. The molecule has 8 nitrogen and oxygen atoms in total. The summed E-state index contributed by atoms with van der Waals surface area (Å²) >= 11 is 1.44. The summed E-state index contributed by atoms with van der Waals surface area (Å²) in [5, 5.41) is 11.5. The number of nitriles is 1. The molecule has 0 unspecified atom stereocenters. The molecule has 1 aliphatic rings. The first-order valence-corrected chi connectivity index (χ1v) is 11.8. The van der Waals surface area contributed by atoms with Gasteiger partial charge in [0.1, 0.15) is 24.2 Å². The summed E-state index contributed by atoms with van der Waals surface area (Å²) in [5.41, 5.74) is 1.24. The third-order valence-corrected chi connectivity index (χ3v) is 6.50. The Balaban J connectivity index is 1.26. The number of nitrogens with zero attached hydrogens (tertiary/aromatic N) is 4. The fourth-order valence-corrected chi connectivity index (χ4v) is 4.50. The zero-order valence-electron chi connectivity index (χ0n) is 18.6. The summed E-state index contributed by atoms with van der Waals surface area (Å²) in [6.45, 7) is 4.43. The van der Waals surface area contributed by atoms with E-state index in [0.29, 0.717) is 43.6 Å². The third-order valence-electron chi connectivity index (χ3n) is 5.64. The number of furan rings is 1. The van der Waals surface area contributed by atoms with Gasteiger partial charge in [0, 0.05) is 26.2 Å². The quantitative estimate of drug-likeness (QED) is 0.399. The highest BCUT2D eigenvalue weighted by Gasteiger charge is 2.28. The molecule has 9 heteroatoms. The minimum absolute atomic E-state index is 0.0319. The smallest absolute Gasteiger partial charge is 0.266 e. The van der Waals surface area contributed by atoms with Crippen LogP contribution in [0.25, 0.3) is 11.7 Å². The molecule has 0 atom stereocenters. The number of anilines is 1. The summed E-state index contributed by atoms with van der Waals surface area (Å²) in [7, 11) is 0. The van der Waals surface area contributed by atoms with Crippen LogP contribution in [0.4, 0.5) is 5.88 Å². The van der Waals surface area contributed by atoms with Crippen molar-refractivity contribution in [1.82, 2.24) is 9.88 Å². The number of amides is 1. The van der Waals surface area contributed by atoms with Crippen LogP contribution in [0.15, 0.2) is 62.7 Å². The van der Waals surface area contributed by atoms with Crippen LogP contribution >= 0.6 is 11.3 Å². The van der Waals surface area contributed by atoms with Crippen LogP contribution < -0.4 is 9.64 Å². The van der Waals surface area contributed by atoms with E-state index in [1.807, 2.05) is 58.5 Å². The van der Waals surface area contributed by atoms with Crippen molar-refractivity contribution in [3.63, 3.8) is 0 Å². The van der Waals surface area contributed by atoms with Gasteiger partial charge >= 0.3 is 0 Å². The molecule has 172 valence electrons. The number of piperazine rings is 1. The van der Waals surface area contributed by atoms with Gasteiger partial charge in [0.05, 0.1) is 4.88 Å². The van der Waals surface area contributed by atoms with Gasteiger partial charge < -0.3 is 23.4 Å². The van der Waals surface area contributed by atoms with Crippen LogP contribution in [0.5, 0.6) is 5.75 Å². The van der Waals surface area contributed by atoms with Crippen molar-refractivity contribution in [2.75, 3.05) is 31.1 Å². The van der Waals surface area contributed by atoms with Crippen molar-refractivity contribution in [2.45, 2.75) is 13.5 Å². The van der Waals surface area contributed by atoms with Gasteiger partial charge in [-0.1, -0.05) is 24.3 Å². The number of benzene rings is 1. The Morgan fingerprint density at radius 1 is 1.12 bits per heavy atom. The number of para-hydroxylation sites is 1. The summed E-state index contributed by atoms with van der Waals surface area (Å²) < 4.78 is 17.6. The Morgan fingerprint density at radius 2 is 1.94 bits per heavy atom. The second kappa shape index (κ2) is 9.45. The maximum absolute atomic E-state index is 12.6. The lowest BCUT2D eigenvalue weighted by Crippen LogP contribution is -2.48. The SMILES string of the molecule is Cc1ccccc1OCc1ccc(-c2nc(C#N)c(N3CCN(C(=O)c4cccs4)CC3)o2)o1. The molecule has 3 aromatic heterocycles. The normalized spacial score (nSPS) is 13.6. The van der Waals surface area contributed by atoms with E-state index in [1.165, 1.54) is 11.3 Å². The average molecular weight is 475 g/mol. The van der Waals surface area contributed by atoms with Crippen molar-refractivity contribution in [3.05, 3.63) is 75.8 Å². The fourth-order valence-electron chi connectivity index (χ4n) is 3.81. The Bertz CT molecular complexity index is 1330. The zero-order valence-corrected chi connectivity index (χ0v) is 19.4. The number of carbonyl (C=O) groups is 1. The van der Waals surface area contributed by atoms with Crippen molar-refractivity contribution >= 4 is 23.1 Å². The molecule has 0 saturated carbocycles. The van der Waals surface area contributed by atoms with Gasteiger partial charge in [-0.05, 0) is 42.1 Å². The number of aromatic nitrogens is 1. The summed E-state index contributed by atoms with van der Waals surface area (Å²) in [6.07, 6.45) is 0. The maximum atomic E-state index is 12.6. The molecule has 0 bridgehead atoms. The molecule has 0 radical (unpaired) electrons. The lowest BCUT2D eigenvalue weighted by Gasteiger charge is -2.34. The molecular weight excluding hydrogens is 452 g/mol. The van der Waals surface area contributed by atoms with E-state index in [4.69, 9.17) is 13.6 Å². The summed E-state index contributed by atoms with van der Waals surface area (Å²) in [6, 6.07) is 17.1. The highest BCUT2D eigenvalue weighted by atomic mass is 32.1. The van der Waals surface area contributed by atoms with E-state index in [1.54, 1.807) is 12.1 Å². The molecule has 1 saturated heterocycles. The molecule has 34 heavy (non-hydrogen) atoms. The van der Waals surface area contributed by atoms with Crippen molar-refractivity contribution in [3.8, 4) is 23.5 Å². The number of rotatable bonds is 6. The molecule has 1 fully saturated rings. The topological polar surface area (TPSA) is 95.7 Å². The molecule has 0 aliphatic carbocycles. The highest BCUT2D eigenvalue weighted by molar-refractivity contribution is 7.12. The molecule has 5 rings (SSSR count). The van der Waals surface area contributed by atoms with E-state index in [0.717, 1.165) is 16.2 Å². The van der Waals surface area contributed by atoms with Gasteiger partial charge in [0.15, 0.2) is 5.76 Å². The predicted octanol–water partition coefficient (Wildman–Crippen LogP) is 4.72. The van der Waals surface area contributed by atoms with Gasteiger partial charge in [0.25, 0.3) is 11.8 Å². The van der Waals surface area contributed by atoms with Crippen molar-refractivity contribution in [2.24, 2.45) is 0 Å². The van der Waals surface area contributed by atoms with E-state index >= 15 is 0 Å². The van der Waals surface area contributed by atoms with Crippen molar-refractivity contribution < 1.29 is 18.4 Å². The lowest BCUT2D eigenvalue weighted by atomic mass is 10.2. The van der Waals surface area contributed by atoms with Gasteiger partial charge in [-0.2, -0.15) is 10.2 Å². The second-order valence-electron chi connectivity index (χ2n) is 7.86. The van der Waals surface area contributed by atoms with E-state index in [9.17, 15) is 10.1 Å². The zero-order chi connectivity index (χ0) is 23.5. The standard InChI is InChI=1S/C25H22N4O4S/c1-17-5-2-3-6-20(17)31-16-18-8-9-21(32-18)23-27-19(15-26)25(33-23)29-12-10-28(11-13-29)24(30)22-7-4-14-34-22/h2-9,14H,10-13,16H2,1H3. The number of carbonyl (C=O) groups excluding carboxylic acids is 1. The van der Waals surface area contributed by atoms with Gasteiger partial charge in [-0.3, -0.25) is 4.79 Å². The molecule has 4 heterocycles. The largest absolute Gasteiger partial charge is 0.485 e. The van der Waals surface area contributed by atoms with Crippen LogP contribution in [0.1, 0.15) is 26.7 Å². The number of aryl methyl sites for hydroxylation is 1. The van der Waals surface area contributed by atoms with Crippen LogP contribution in [-0.4, -0.2) is 42.0 Å². The van der Waals surface area contributed by atoms with Crippen molar-refractivity contribution in [1.29, 1.82) is 5.26 Å². The molecule has 1 aliphatic heterocycles. The van der Waals surface area contributed by atoms with E-state index in [-0.39, 0.29) is 24.1 Å². The summed E-state index contributed by atoms with van der Waals surface area (Å²) in [4.78, 5) is 21.4. The Kier molecular flexibility index (Phi) is 6.06. The molecule has 1 amide bonds. The van der Waals surface area contributed by atoms with Crippen LogP contribution in [-0.2, 0) is 6.61 Å². The van der Waals surface area contributed by atoms with Crippen LogP contribution in [0, 0.1) is 18.3 Å². The first-order valence-electron chi connectivity index (χ1n) is 10.9. The van der Waals surface area contributed by atoms with Gasteiger partial charge in [-0.25, -0.2) is 0 Å². The molecular formula is C25H22N4O4S. The lowest BCUT2D eigenvalue weighted by molar-refractivity contribution is 0.0750. The molecule has 0 spiro atoms. The van der Waals surface area contributed by atoms with E-state index < -0.39 is 0 Å². The Morgan fingerprint density at radius 3 is 2.68 bits per heavy atom. The van der Waals surface area contributed by atoms with Crippen LogP contribution in [0.3, 0.4) is 0 Å². The number of thiophene rings is 1. The Labute approximate surface area is 200 Å². The Hall–Kier alpha value is -4.03. The highest BCUT2D eigenvalue weighted by Crippen LogP contribution is 2.30. The van der Waals surface area contributed by atoms with Gasteiger partial charge in [-0.15, -0.1) is 11.3 Å². The molecule has 4 aromatic rings. The first kappa shape index (κ1) is 21.8. The average Bonchev–Trinajstić information content (AvgIpc) is 3.64. The maximum Gasteiger partial charge on any atom is 0.266 e. The first-order chi connectivity index (χ1) is 16.6. The monoisotopic (exact) mass is 474 g/mol. The minimum Gasteiger partial charge on any atom is -0.485 e. The summed E-state index contributed by atoms with van der Waals surface area (Å²) in [5.74, 6) is 2.52. The molecule has 1 aromatic carbocycles. The fraction of sp³-hybridized carbons (Fsp3) is 0.240. The van der Waals surface area contributed by atoms with Crippen LogP contribution in [0.2, 0.25) is 0 Å². The minimum atomic E-state index is 0.0319. The van der Waals surface area contributed by atoms with E-state index in [2.05, 4.69) is 11.1 Å². The molecule has 0 N–H and O–H groups in total.